The zero-order valence-corrected chi connectivity index (χ0v) is 9.35. The summed E-state index contributed by atoms with van der Waals surface area (Å²) in [5.41, 5.74) is 0.577. The summed E-state index contributed by atoms with van der Waals surface area (Å²) in [6.07, 6.45) is 8.89. The van der Waals surface area contributed by atoms with E-state index in [2.05, 4.69) is 0 Å². The molecule has 1 unspecified atom stereocenters. The Morgan fingerprint density at radius 3 is 2.94 bits per heavy atom. The van der Waals surface area contributed by atoms with Gasteiger partial charge in [0.25, 0.3) is 0 Å². The Labute approximate surface area is 99.2 Å². The Bertz CT molecular complexity index is 451. The number of carbonyl (C=O) groups is 1. The molecule has 0 aromatic heterocycles. The number of benzene rings is 1. The van der Waals surface area contributed by atoms with Crippen LogP contribution in [0.25, 0.3) is 0 Å². The van der Waals surface area contributed by atoms with Crippen molar-refractivity contribution in [2.75, 3.05) is 0 Å². The van der Waals surface area contributed by atoms with Gasteiger partial charge in [0.1, 0.15) is 12.0 Å². The van der Waals surface area contributed by atoms with Crippen LogP contribution in [0.4, 0.5) is 0 Å². The molecule has 0 radical (unpaired) electrons. The molecule has 2 nitrogen and oxygen atoms in total. The average molecular weight is 235 g/mol. The van der Waals surface area contributed by atoms with Gasteiger partial charge in [-0.2, -0.15) is 0 Å². The number of halogens is 1. The van der Waals surface area contributed by atoms with Crippen LogP contribution in [0.2, 0.25) is 0 Å². The molecule has 0 spiro atoms. The van der Waals surface area contributed by atoms with Crippen LogP contribution < -0.4 is 4.74 Å². The molecule has 0 saturated carbocycles. The molecule has 0 aliphatic heterocycles. The van der Waals surface area contributed by atoms with Crippen LogP contribution in [-0.4, -0.2) is 11.3 Å². The molecular formula is C13H11ClO2. The number of alkyl halides is 1. The highest BCUT2D eigenvalue weighted by atomic mass is 35.5. The minimum absolute atomic E-state index is 0.577. The maximum atomic E-state index is 10.6. The molecule has 0 amide bonds. The standard InChI is InChI=1S/C13H11ClO2/c14-13(7-2-1-3-8-13)16-12-6-4-5-11(9-12)10-15/h1-7,9-10H,8H2. The van der Waals surface area contributed by atoms with Crippen molar-refractivity contribution in [1.29, 1.82) is 0 Å². The number of aldehydes is 1. The van der Waals surface area contributed by atoms with E-state index in [1.54, 1.807) is 30.3 Å². The highest BCUT2D eigenvalue weighted by Crippen LogP contribution is 2.29. The number of hydrogen-bond donors (Lipinski definition) is 0. The predicted octanol–water partition coefficient (Wildman–Crippen LogP) is 3.33. The Morgan fingerprint density at radius 1 is 1.38 bits per heavy atom. The van der Waals surface area contributed by atoms with Crippen LogP contribution in [-0.2, 0) is 0 Å². The lowest BCUT2D eigenvalue weighted by Crippen LogP contribution is -2.26. The lowest BCUT2D eigenvalue weighted by molar-refractivity contribution is 0.112. The molecule has 0 N–H and O–H groups in total. The molecule has 0 saturated heterocycles. The normalized spacial score (nSPS) is 23.1. The van der Waals surface area contributed by atoms with Crippen molar-refractivity contribution in [3.8, 4) is 5.75 Å². The molecule has 1 aromatic rings. The van der Waals surface area contributed by atoms with Crippen LogP contribution in [0.5, 0.6) is 5.75 Å². The first-order valence-electron chi connectivity index (χ1n) is 4.99. The molecule has 1 aromatic carbocycles. The number of carbonyl (C=O) groups excluding carboxylic acids is 1. The third-order valence-electron chi connectivity index (χ3n) is 2.27. The number of ether oxygens (including phenoxy) is 1. The second-order valence-corrected chi connectivity index (χ2v) is 4.21. The van der Waals surface area contributed by atoms with Gasteiger partial charge in [-0.05, 0) is 18.2 Å². The highest BCUT2D eigenvalue weighted by Gasteiger charge is 2.25. The highest BCUT2D eigenvalue weighted by molar-refractivity contribution is 6.24. The summed E-state index contributed by atoms with van der Waals surface area (Å²) in [4.78, 5) is 10.6. The second kappa shape index (κ2) is 4.54. The smallest absolute Gasteiger partial charge is 0.205 e. The first-order chi connectivity index (χ1) is 7.72. The van der Waals surface area contributed by atoms with Gasteiger partial charge in [-0.3, -0.25) is 4.79 Å². The lowest BCUT2D eigenvalue weighted by Gasteiger charge is -2.25. The van der Waals surface area contributed by atoms with Crippen LogP contribution >= 0.6 is 11.6 Å². The van der Waals surface area contributed by atoms with E-state index in [1.165, 1.54) is 0 Å². The van der Waals surface area contributed by atoms with Gasteiger partial charge in [-0.25, -0.2) is 0 Å². The maximum Gasteiger partial charge on any atom is 0.205 e. The average Bonchev–Trinajstić information content (AvgIpc) is 2.29. The van der Waals surface area contributed by atoms with Crippen molar-refractivity contribution in [2.24, 2.45) is 0 Å². The Balaban J connectivity index is 2.17. The summed E-state index contributed by atoms with van der Waals surface area (Å²) in [6, 6.07) is 6.94. The summed E-state index contributed by atoms with van der Waals surface area (Å²) in [5, 5.41) is -0.837. The van der Waals surface area contributed by atoms with E-state index in [0.29, 0.717) is 17.7 Å². The summed E-state index contributed by atoms with van der Waals surface area (Å²) >= 11 is 6.26. The van der Waals surface area contributed by atoms with Gasteiger partial charge in [0, 0.05) is 12.0 Å². The fourth-order valence-electron chi connectivity index (χ4n) is 1.50. The minimum atomic E-state index is -0.837. The molecular weight excluding hydrogens is 224 g/mol. The van der Waals surface area contributed by atoms with Gasteiger partial charge in [0.05, 0.1) is 0 Å². The monoisotopic (exact) mass is 234 g/mol. The topological polar surface area (TPSA) is 26.3 Å². The largest absolute Gasteiger partial charge is 0.468 e. The van der Waals surface area contributed by atoms with Crippen LogP contribution in [0.1, 0.15) is 16.8 Å². The summed E-state index contributed by atoms with van der Waals surface area (Å²) in [6.45, 7) is 0. The Hall–Kier alpha value is -1.54. The Morgan fingerprint density at radius 2 is 2.25 bits per heavy atom. The van der Waals surface area contributed by atoms with E-state index in [0.717, 1.165) is 6.29 Å². The lowest BCUT2D eigenvalue weighted by atomic mass is 10.1. The van der Waals surface area contributed by atoms with Gasteiger partial charge in [-0.1, -0.05) is 42.0 Å². The van der Waals surface area contributed by atoms with Crippen molar-refractivity contribution in [1.82, 2.24) is 0 Å². The summed E-state index contributed by atoms with van der Waals surface area (Å²) in [7, 11) is 0. The van der Waals surface area contributed by atoms with Gasteiger partial charge >= 0.3 is 0 Å². The van der Waals surface area contributed by atoms with Crippen molar-refractivity contribution in [2.45, 2.75) is 11.5 Å². The van der Waals surface area contributed by atoms with E-state index < -0.39 is 5.06 Å². The molecule has 3 heteroatoms. The first kappa shape index (κ1) is 11.0. The SMILES string of the molecule is O=Cc1cccc(OC2(Cl)C=CC=CC2)c1. The summed E-state index contributed by atoms with van der Waals surface area (Å²) in [5.74, 6) is 0.597. The van der Waals surface area contributed by atoms with E-state index in [1.807, 2.05) is 18.2 Å². The third kappa shape index (κ3) is 2.52. The molecule has 82 valence electrons. The third-order valence-corrected chi connectivity index (χ3v) is 2.63. The van der Waals surface area contributed by atoms with Crippen LogP contribution in [0, 0.1) is 0 Å². The molecule has 0 heterocycles. The zero-order chi connectivity index (χ0) is 11.4. The molecule has 2 rings (SSSR count). The van der Waals surface area contributed by atoms with E-state index >= 15 is 0 Å². The number of allylic oxidation sites excluding steroid dienone is 2. The molecule has 0 bridgehead atoms. The van der Waals surface area contributed by atoms with E-state index in [4.69, 9.17) is 16.3 Å². The van der Waals surface area contributed by atoms with Gasteiger partial charge in [-0.15, -0.1) is 0 Å². The van der Waals surface area contributed by atoms with Crippen molar-refractivity contribution in [3.63, 3.8) is 0 Å². The first-order valence-corrected chi connectivity index (χ1v) is 5.37. The minimum Gasteiger partial charge on any atom is -0.468 e. The van der Waals surface area contributed by atoms with E-state index in [-0.39, 0.29) is 0 Å². The van der Waals surface area contributed by atoms with Crippen molar-refractivity contribution in [3.05, 3.63) is 54.1 Å². The number of rotatable bonds is 3. The molecule has 0 fully saturated rings. The van der Waals surface area contributed by atoms with Crippen molar-refractivity contribution < 1.29 is 9.53 Å². The number of hydrogen-bond acceptors (Lipinski definition) is 2. The second-order valence-electron chi connectivity index (χ2n) is 3.57. The molecule has 1 aliphatic carbocycles. The molecule has 1 aliphatic rings. The van der Waals surface area contributed by atoms with Crippen molar-refractivity contribution >= 4 is 17.9 Å². The Kier molecular flexibility index (Phi) is 3.11. The van der Waals surface area contributed by atoms with Crippen LogP contribution in [0.15, 0.2) is 48.6 Å². The van der Waals surface area contributed by atoms with Crippen LogP contribution in [0.3, 0.4) is 0 Å². The fraction of sp³-hybridized carbons (Fsp3) is 0.154. The summed E-state index contributed by atoms with van der Waals surface area (Å²) < 4.78 is 5.65. The zero-order valence-electron chi connectivity index (χ0n) is 8.60. The quantitative estimate of drug-likeness (QED) is 0.592. The van der Waals surface area contributed by atoms with Gasteiger partial charge < -0.3 is 4.74 Å². The fourth-order valence-corrected chi connectivity index (χ4v) is 1.75. The predicted molar refractivity (Wildman–Crippen MR) is 63.9 cm³/mol. The van der Waals surface area contributed by atoms with Gasteiger partial charge in [0.2, 0.25) is 5.06 Å². The molecule has 1 atom stereocenters. The van der Waals surface area contributed by atoms with E-state index in [9.17, 15) is 4.79 Å². The molecule has 16 heavy (non-hydrogen) atoms. The maximum absolute atomic E-state index is 10.6. The van der Waals surface area contributed by atoms with Gasteiger partial charge in [0.15, 0.2) is 0 Å².